The van der Waals surface area contributed by atoms with Crippen molar-refractivity contribution in [2.45, 2.75) is 13.0 Å². The first-order valence-corrected chi connectivity index (χ1v) is 5.26. The second kappa shape index (κ2) is 4.52. The maximum absolute atomic E-state index is 11.1. The number of nitrogens with zero attached hydrogens (tertiary/aromatic N) is 2. The van der Waals surface area contributed by atoms with Crippen molar-refractivity contribution in [3.8, 4) is 5.75 Å². The lowest BCUT2D eigenvalue weighted by Crippen LogP contribution is -2.19. The van der Waals surface area contributed by atoms with E-state index in [0.29, 0.717) is 18.2 Å². The zero-order valence-electron chi connectivity index (χ0n) is 9.14. The van der Waals surface area contributed by atoms with Crippen LogP contribution in [0.25, 0.3) is 0 Å². The van der Waals surface area contributed by atoms with Crippen LogP contribution in [0.3, 0.4) is 0 Å². The van der Waals surface area contributed by atoms with E-state index in [2.05, 4.69) is 10.4 Å². The fourth-order valence-electron chi connectivity index (χ4n) is 1.99. The molecule has 0 saturated carbocycles. The van der Waals surface area contributed by atoms with Gasteiger partial charge in [0, 0.05) is 6.54 Å². The molecule has 0 bridgehead atoms. The van der Waals surface area contributed by atoms with Crippen LogP contribution in [0.15, 0.2) is 6.20 Å². The van der Waals surface area contributed by atoms with Crippen molar-refractivity contribution in [3.63, 3.8) is 0 Å². The molecule has 1 aliphatic heterocycles. The number of carbonyl (C=O) groups is 1. The Morgan fingerprint density at radius 2 is 2.62 bits per heavy atom. The Morgan fingerprint density at radius 3 is 3.19 bits per heavy atom. The van der Waals surface area contributed by atoms with Crippen molar-refractivity contribution in [1.82, 2.24) is 15.1 Å². The molecule has 16 heavy (non-hydrogen) atoms. The molecule has 0 radical (unpaired) electrons. The smallest absolute Gasteiger partial charge is 0.358 e. The van der Waals surface area contributed by atoms with E-state index in [1.165, 1.54) is 18.0 Å². The van der Waals surface area contributed by atoms with Crippen LogP contribution < -0.4 is 10.1 Å². The predicted molar refractivity (Wildman–Crippen MR) is 56.7 cm³/mol. The molecular formula is C10H15N3O3. The van der Waals surface area contributed by atoms with Crippen molar-refractivity contribution in [3.05, 3.63) is 11.9 Å². The summed E-state index contributed by atoms with van der Waals surface area (Å²) >= 11 is 0. The lowest BCUT2D eigenvalue weighted by atomic mass is 10.1. The van der Waals surface area contributed by atoms with Gasteiger partial charge in [-0.2, -0.15) is 5.10 Å². The summed E-state index contributed by atoms with van der Waals surface area (Å²) in [6, 6.07) is 0. The zero-order valence-corrected chi connectivity index (χ0v) is 9.14. The summed E-state index contributed by atoms with van der Waals surface area (Å²) in [7, 11) is 1.45. The van der Waals surface area contributed by atoms with Crippen LogP contribution in [0.2, 0.25) is 0 Å². The number of methoxy groups -OCH3 is 1. The number of hydrogen-bond acceptors (Lipinski definition) is 4. The number of nitrogens with one attached hydrogen (secondary N) is 1. The summed E-state index contributed by atoms with van der Waals surface area (Å²) in [4.78, 5) is 11.1. The summed E-state index contributed by atoms with van der Waals surface area (Å²) in [6.07, 6.45) is 2.51. The number of rotatable bonds is 4. The second-order valence-electron chi connectivity index (χ2n) is 3.91. The highest BCUT2D eigenvalue weighted by molar-refractivity contribution is 5.88. The summed E-state index contributed by atoms with van der Waals surface area (Å²) in [6.45, 7) is 2.53. The molecule has 1 aromatic rings. The van der Waals surface area contributed by atoms with Crippen LogP contribution in [0.4, 0.5) is 0 Å². The van der Waals surface area contributed by atoms with Gasteiger partial charge in [0.15, 0.2) is 11.4 Å². The summed E-state index contributed by atoms with van der Waals surface area (Å²) in [5.74, 6) is -0.235. The standard InChI is InChI=1S/C10H15N3O3/c1-16-8-5-12-13(9(8)10(14)15)6-7-2-3-11-4-7/h5,7,11H,2-4,6H2,1H3,(H,14,15). The molecule has 2 N–H and O–H groups in total. The normalized spacial score (nSPS) is 19.9. The van der Waals surface area contributed by atoms with E-state index in [4.69, 9.17) is 9.84 Å². The lowest BCUT2D eigenvalue weighted by Gasteiger charge is -2.10. The number of hydrogen-bond donors (Lipinski definition) is 2. The quantitative estimate of drug-likeness (QED) is 0.765. The van der Waals surface area contributed by atoms with E-state index in [1.807, 2.05) is 0 Å². The van der Waals surface area contributed by atoms with E-state index in [9.17, 15) is 4.79 Å². The molecule has 1 saturated heterocycles. The van der Waals surface area contributed by atoms with Crippen LogP contribution in [0.5, 0.6) is 5.75 Å². The SMILES string of the molecule is COc1cnn(CC2CCNC2)c1C(=O)O. The van der Waals surface area contributed by atoms with E-state index in [-0.39, 0.29) is 5.69 Å². The first-order valence-electron chi connectivity index (χ1n) is 5.26. The molecule has 1 aromatic heterocycles. The number of ether oxygens (including phenoxy) is 1. The van der Waals surface area contributed by atoms with Crippen LogP contribution in [-0.2, 0) is 6.54 Å². The first-order chi connectivity index (χ1) is 7.72. The Hall–Kier alpha value is -1.56. The third-order valence-corrected chi connectivity index (χ3v) is 2.82. The molecule has 0 amide bonds. The summed E-state index contributed by atoms with van der Waals surface area (Å²) < 4.78 is 6.48. The zero-order chi connectivity index (χ0) is 11.5. The molecule has 1 atom stereocenters. The molecule has 0 aromatic carbocycles. The fraction of sp³-hybridized carbons (Fsp3) is 0.600. The Morgan fingerprint density at radius 1 is 1.81 bits per heavy atom. The molecule has 88 valence electrons. The van der Waals surface area contributed by atoms with Crippen molar-refractivity contribution >= 4 is 5.97 Å². The largest absolute Gasteiger partial charge is 0.493 e. The van der Waals surface area contributed by atoms with Gasteiger partial charge in [-0.25, -0.2) is 4.79 Å². The molecule has 0 aliphatic carbocycles. The monoisotopic (exact) mass is 225 g/mol. The molecule has 1 unspecified atom stereocenters. The van der Waals surface area contributed by atoms with Crippen molar-refractivity contribution in [2.24, 2.45) is 5.92 Å². The Kier molecular flexibility index (Phi) is 3.09. The van der Waals surface area contributed by atoms with Gasteiger partial charge in [-0.05, 0) is 25.4 Å². The second-order valence-corrected chi connectivity index (χ2v) is 3.91. The van der Waals surface area contributed by atoms with Gasteiger partial charge in [0.1, 0.15) is 0 Å². The van der Waals surface area contributed by atoms with Crippen molar-refractivity contribution in [2.75, 3.05) is 20.2 Å². The van der Waals surface area contributed by atoms with E-state index >= 15 is 0 Å². The Bertz CT molecular complexity index is 383. The van der Waals surface area contributed by atoms with Gasteiger partial charge in [0.25, 0.3) is 0 Å². The molecule has 6 heteroatoms. The Labute approximate surface area is 93.2 Å². The molecule has 1 fully saturated rings. The highest BCUT2D eigenvalue weighted by Gasteiger charge is 2.22. The average molecular weight is 225 g/mol. The van der Waals surface area contributed by atoms with Crippen LogP contribution in [0.1, 0.15) is 16.9 Å². The highest BCUT2D eigenvalue weighted by atomic mass is 16.5. The molecular weight excluding hydrogens is 210 g/mol. The van der Waals surface area contributed by atoms with Crippen LogP contribution in [0, 0.1) is 5.92 Å². The maximum Gasteiger partial charge on any atom is 0.358 e. The fourth-order valence-corrected chi connectivity index (χ4v) is 1.99. The summed E-state index contributed by atoms with van der Waals surface area (Å²) in [5.41, 5.74) is 0.134. The minimum absolute atomic E-state index is 0.134. The Balaban J connectivity index is 2.19. The topological polar surface area (TPSA) is 76.4 Å². The predicted octanol–water partition coefficient (Wildman–Crippen LogP) is 0.199. The third kappa shape index (κ3) is 2.01. The highest BCUT2D eigenvalue weighted by Crippen LogP contribution is 2.20. The van der Waals surface area contributed by atoms with E-state index < -0.39 is 5.97 Å². The van der Waals surface area contributed by atoms with Gasteiger partial charge in [0.05, 0.1) is 13.3 Å². The van der Waals surface area contributed by atoms with Gasteiger partial charge >= 0.3 is 5.97 Å². The number of carboxylic acid groups (broad SMARTS) is 1. The van der Waals surface area contributed by atoms with Crippen LogP contribution in [-0.4, -0.2) is 41.1 Å². The van der Waals surface area contributed by atoms with Gasteiger partial charge in [-0.3, -0.25) is 4.68 Å². The average Bonchev–Trinajstić information content (AvgIpc) is 2.87. The molecule has 1 aliphatic rings. The molecule has 6 nitrogen and oxygen atoms in total. The lowest BCUT2D eigenvalue weighted by molar-refractivity contribution is 0.0678. The van der Waals surface area contributed by atoms with E-state index in [1.54, 1.807) is 0 Å². The third-order valence-electron chi connectivity index (χ3n) is 2.82. The molecule has 2 rings (SSSR count). The van der Waals surface area contributed by atoms with Crippen molar-refractivity contribution in [1.29, 1.82) is 0 Å². The maximum atomic E-state index is 11.1. The van der Waals surface area contributed by atoms with Gasteiger partial charge in [-0.1, -0.05) is 0 Å². The van der Waals surface area contributed by atoms with Crippen molar-refractivity contribution < 1.29 is 14.6 Å². The number of aromatic nitrogens is 2. The van der Waals surface area contributed by atoms with Crippen LogP contribution >= 0.6 is 0 Å². The molecule has 0 spiro atoms. The minimum atomic E-state index is -1.000. The summed E-state index contributed by atoms with van der Waals surface area (Å²) in [5, 5.41) is 16.4. The number of aromatic carboxylic acids is 1. The van der Waals surface area contributed by atoms with Gasteiger partial charge in [0.2, 0.25) is 0 Å². The number of carboxylic acids is 1. The minimum Gasteiger partial charge on any atom is -0.493 e. The van der Waals surface area contributed by atoms with Gasteiger partial charge < -0.3 is 15.2 Å². The van der Waals surface area contributed by atoms with E-state index in [0.717, 1.165) is 19.5 Å². The van der Waals surface area contributed by atoms with Gasteiger partial charge in [-0.15, -0.1) is 0 Å². The first kappa shape index (κ1) is 10.9. The molecule has 2 heterocycles.